The van der Waals surface area contributed by atoms with Crippen molar-refractivity contribution in [3.05, 3.63) is 101 Å². The third-order valence-corrected chi connectivity index (χ3v) is 10.5. The Labute approximate surface area is 240 Å². The summed E-state index contributed by atoms with van der Waals surface area (Å²) in [6.07, 6.45) is 2.10. The van der Waals surface area contributed by atoms with Crippen molar-refractivity contribution < 1.29 is 36.3 Å². The maximum Gasteiger partial charge on any atom is 0.399 e. The fourth-order valence-electron chi connectivity index (χ4n) is 4.28. The number of sulfonamides is 1. The van der Waals surface area contributed by atoms with Gasteiger partial charge in [0.2, 0.25) is 5.91 Å². The van der Waals surface area contributed by atoms with E-state index < -0.39 is 40.8 Å². The zero-order valence-corrected chi connectivity index (χ0v) is 24.3. The first-order valence-corrected chi connectivity index (χ1v) is 16.7. The fraction of sp³-hybridized carbons (Fsp3) is 0.250. The summed E-state index contributed by atoms with van der Waals surface area (Å²) in [5.74, 6) is -0.584. The van der Waals surface area contributed by atoms with Gasteiger partial charge in [0, 0.05) is 17.5 Å². The molecule has 1 aromatic heterocycles. The number of aryl methyl sites for hydroxylation is 1. The smallest absolute Gasteiger partial charge is 0.355 e. The van der Waals surface area contributed by atoms with Gasteiger partial charge in [-0.05, 0) is 47.6 Å². The minimum Gasteiger partial charge on any atom is -0.355 e. The minimum absolute atomic E-state index is 0.0467. The van der Waals surface area contributed by atoms with Crippen molar-refractivity contribution in [2.45, 2.75) is 41.6 Å². The van der Waals surface area contributed by atoms with E-state index in [1.807, 2.05) is 30.3 Å². The van der Waals surface area contributed by atoms with Crippen LogP contribution in [-0.2, 0) is 37.9 Å². The highest BCUT2D eigenvalue weighted by Crippen LogP contribution is 2.59. The monoisotopic (exact) mass is 622 g/mol. The van der Waals surface area contributed by atoms with E-state index in [0.29, 0.717) is 23.9 Å². The van der Waals surface area contributed by atoms with Crippen molar-refractivity contribution >= 4 is 45.6 Å². The Morgan fingerprint density at radius 2 is 1.59 bits per heavy atom. The van der Waals surface area contributed by atoms with Crippen molar-refractivity contribution in [1.29, 1.82) is 0 Å². The third-order valence-electron chi connectivity index (χ3n) is 6.47. The van der Waals surface area contributed by atoms with Crippen LogP contribution in [-0.4, -0.2) is 36.7 Å². The number of carbonyl (C=O) groups is 1. The molecule has 218 valence electrons. The molecule has 1 unspecified atom stereocenters. The molecule has 0 aliphatic rings. The SMILES string of the molecule is O=C(NCCCCc1ccccc1)C(Cc1ccc(C(F)(F)P(=O)(O)O)cc1)NS(=O)(=O)c1scc2ccccc12. The van der Waals surface area contributed by atoms with E-state index >= 15 is 0 Å². The molecule has 0 radical (unpaired) electrons. The van der Waals surface area contributed by atoms with Crippen LogP contribution in [0.3, 0.4) is 0 Å². The molecule has 13 heteroatoms. The van der Waals surface area contributed by atoms with Gasteiger partial charge in [0.15, 0.2) is 0 Å². The number of unbranched alkanes of at least 4 members (excludes halogenated alkanes) is 1. The Kier molecular flexibility index (Phi) is 9.73. The van der Waals surface area contributed by atoms with Gasteiger partial charge in [-0.2, -0.15) is 13.5 Å². The van der Waals surface area contributed by atoms with Gasteiger partial charge in [-0.1, -0.05) is 78.9 Å². The van der Waals surface area contributed by atoms with Crippen molar-refractivity contribution in [2.24, 2.45) is 0 Å². The van der Waals surface area contributed by atoms with E-state index in [2.05, 4.69) is 10.0 Å². The second kappa shape index (κ2) is 12.9. The summed E-state index contributed by atoms with van der Waals surface area (Å²) in [4.78, 5) is 31.2. The average Bonchev–Trinajstić information content (AvgIpc) is 3.38. The number of amides is 1. The number of alkyl halides is 2. The lowest BCUT2D eigenvalue weighted by atomic mass is 10.0. The molecule has 0 bridgehead atoms. The number of fused-ring (bicyclic) bond motifs is 1. The van der Waals surface area contributed by atoms with E-state index in [4.69, 9.17) is 9.79 Å². The minimum atomic E-state index is -5.75. The molecule has 0 aliphatic carbocycles. The maximum absolute atomic E-state index is 14.1. The molecule has 4 rings (SSSR count). The van der Waals surface area contributed by atoms with Crippen LogP contribution in [0.4, 0.5) is 8.78 Å². The molecule has 4 aromatic rings. The van der Waals surface area contributed by atoms with E-state index in [0.717, 1.165) is 41.7 Å². The Balaban J connectivity index is 1.50. The van der Waals surface area contributed by atoms with E-state index in [1.54, 1.807) is 29.6 Å². The Hall–Kier alpha value is -2.99. The summed E-state index contributed by atoms with van der Waals surface area (Å²) in [7, 11) is -9.90. The molecule has 1 heterocycles. The zero-order chi connectivity index (χ0) is 29.7. The second-order valence-electron chi connectivity index (χ2n) is 9.50. The van der Waals surface area contributed by atoms with Gasteiger partial charge in [-0.15, -0.1) is 11.3 Å². The van der Waals surface area contributed by atoms with Crippen LogP contribution in [0.1, 0.15) is 29.5 Å². The van der Waals surface area contributed by atoms with Crippen LogP contribution in [0.5, 0.6) is 0 Å². The van der Waals surface area contributed by atoms with Gasteiger partial charge < -0.3 is 15.1 Å². The number of hydrogen-bond acceptors (Lipinski definition) is 5. The molecule has 1 amide bonds. The second-order valence-corrected chi connectivity index (χ2v) is 13.9. The number of rotatable bonds is 13. The van der Waals surface area contributed by atoms with Crippen molar-refractivity contribution in [2.75, 3.05) is 6.54 Å². The number of thiophene rings is 1. The summed E-state index contributed by atoms with van der Waals surface area (Å²) >= 11 is 1.02. The van der Waals surface area contributed by atoms with Gasteiger partial charge >= 0.3 is 13.3 Å². The molecule has 4 N–H and O–H groups in total. The van der Waals surface area contributed by atoms with Crippen LogP contribution in [0.25, 0.3) is 10.8 Å². The number of hydrogen-bond donors (Lipinski definition) is 4. The molecule has 3 aromatic carbocycles. The van der Waals surface area contributed by atoms with Gasteiger partial charge in [0.05, 0.1) is 0 Å². The van der Waals surface area contributed by atoms with Crippen molar-refractivity contribution in [3.63, 3.8) is 0 Å². The molecule has 0 saturated heterocycles. The van der Waals surface area contributed by atoms with Gasteiger partial charge in [-0.25, -0.2) is 8.42 Å². The molecule has 0 fully saturated rings. The zero-order valence-electron chi connectivity index (χ0n) is 21.7. The number of nitrogens with one attached hydrogen (secondary N) is 2. The first kappa shape index (κ1) is 31.0. The molecule has 1 atom stereocenters. The van der Waals surface area contributed by atoms with Crippen LogP contribution >= 0.6 is 18.9 Å². The van der Waals surface area contributed by atoms with Gasteiger partial charge in [0.25, 0.3) is 10.0 Å². The van der Waals surface area contributed by atoms with Gasteiger partial charge in [-0.3, -0.25) is 9.36 Å². The first-order chi connectivity index (χ1) is 19.4. The summed E-state index contributed by atoms with van der Waals surface area (Å²) in [5.41, 5.74) is -3.79. The van der Waals surface area contributed by atoms with Crippen LogP contribution in [0, 0.1) is 0 Å². The fourth-order valence-corrected chi connectivity index (χ4v) is 7.46. The van der Waals surface area contributed by atoms with Crippen LogP contribution < -0.4 is 10.0 Å². The summed E-state index contributed by atoms with van der Waals surface area (Å²) in [5, 5.41) is 5.71. The Morgan fingerprint density at radius 1 is 0.927 bits per heavy atom. The van der Waals surface area contributed by atoms with Crippen molar-refractivity contribution in [3.8, 4) is 0 Å². The highest BCUT2D eigenvalue weighted by molar-refractivity contribution is 7.92. The summed E-state index contributed by atoms with van der Waals surface area (Å²) in [6.45, 7) is 0.305. The summed E-state index contributed by atoms with van der Waals surface area (Å²) < 4.78 is 68.6. The predicted molar refractivity (Wildman–Crippen MR) is 154 cm³/mol. The van der Waals surface area contributed by atoms with Crippen LogP contribution in [0.2, 0.25) is 0 Å². The predicted octanol–water partition coefficient (Wildman–Crippen LogP) is 5.16. The Bertz CT molecular complexity index is 1640. The lowest BCUT2D eigenvalue weighted by Crippen LogP contribution is -2.48. The molecule has 41 heavy (non-hydrogen) atoms. The third kappa shape index (κ3) is 7.65. The topological polar surface area (TPSA) is 133 Å². The standard InChI is InChI=1S/C28H29F2N2O6PS2/c29-28(30,39(34,35)36)23-15-13-21(14-16-23)18-25(26(33)31-17-7-6-10-20-8-2-1-3-9-20)32-41(37,38)27-24-12-5-4-11-22(24)19-40-27/h1-5,8-9,11-16,19,25,32H,6-7,10,17-18H2,(H,31,33)(H2,34,35,36). The largest absolute Gasteiger partial charge is 0.399 e. The molecule has 8 nitrogen and oxygen atoms in total. The van der Waals surface area contributed by atoms with E-state index in [-0.39, 0.29) is 10.6 Å². The summed E-state index contributed by atoms with van der Waals surface area (Å²) in [6, 6.07) is 19.6. The quantitative estimate of drug-likeness (QED) is 0.120. The van der Waals surface area contributed by atoms with Gasteiger partial charge in [0.1, 0.15) is 10.3 Å². The number of halogens is 2. The highest BCUT2D eigenvalue weighted by Gasteiger charge is 2.50. The highest BCUT2D eigenvalue weighted by atomic mass is 32.2. The Morgan fingerprint density at radius 3 is 2.27 bits per heavy atom. The van der Waals surface area contributed by atoms with E-state index in [1.165, 1.54) is 17.7 Å². The lowest BCUT2D eigenvalue weighted by Gasteiger charge is -2.20. The molecular formula is C28H29F2N2O6PS2. The van der Waals surface area contributed by atoms with Crippen LogP contribution in [0.15, 0.2) is 88.5 Å². The molecule has 0 spiro atoms. The average molecular weight is 623 g/mol. The maximum atomic E-state index is 14.1. The molecular weight excluding hydrogens is 593 g/mol. The normalized spacial score (nSPS) is 13.3. The first-order valence-electron chi connectivity index (χ1n) is 12.7. The molecule has 0 saturated carbocycles. The lowest BCUT2D eigenvalue weighted by molar-refractivity contribution is -0.122. The number of benzene rings is 3. The van der Waals surface area contributed by atoms with Crippen molar-refractivity contribution in [1.82, 2.24) is 10.0 Å². The molecule has 0 aliphatic heterocycles. The van der Waals surface area contributed by atoms with E-state index in [9.17, 15) is 26.6 Å². The number of carbonyl (C=O) groups excluding carboxylic acids is 1.